The summed E-state index contributed by atoms with van der Waals surface area (Å²) in [5, 5.41) is 7.01. The number of alkyl halides is 2. The van der Waals surface area contributed by atoms with Crippen LogP contribution in [0.3, 0.4) is 0 Å². The van der Waals surface area contributed by atoms with E-state index in [1.165, 1.54) is 64.2 Å². The zero-order chi connectivity index (χ0) is 13.6. The maximum Gasteiger partial charge on any atom is 0.0110 e. The Morgan fingerprint density at radius 2 is 1.39 bits per heavy atom. The standard InChI is InChI=1S/C15H29I2N/c1-2-3-4-5-6-9-14(16)11-12-15(17)10-7-8-13-18/h13-15,18H,2-12H2,1H3. The Bertz CT molecular complexity index is 185. The molecule has 1 nitrogen and oxygen atoms in total. The van der Waals surface area contributed by atoms with Crippen LogP contribution in [0.2, 0.25) is 0 Å². The van der Waals surface area contributed by atoms with Crippen LogP contribution in [0.15, 0.2) is 0 Å². The van der Waals surface area contributed by atoms with Gasteiger partial charge in [-0.2, -0.15) is 0 Å². The van der Waals surface area contributed by atoms with Gasteiger partial charge >= 0.3 is 0 Å². The Morgan fingerprint density at radius 3 is 1.94 bits per heavy atom. The molecule has 0 aliphatic rings. The number of hydrogen-bond acceptors (Lipinski definition) is 1. The fraction of sp³-hybridized carbons (Fsp3) is 0.933. The monoisotopic (exact) mass is 477 g/mol. The summed E-state index contributed by atoms with van der Waals surface area (Å²) in [6, 6.07) is 0. The topological polar surface area (TPSA) is 23.9 Å². The predicted molar refractivity (Wildman–Crippen MR) is 101 cm³/mol. The van der Waals surface area contributed by atoms with E-state index < -0.39 is 0 Å². The second-order valence-corrected chi connectivity index (χ2v) is 8.63. The van der Waals surface area contributed by atoms with Gasteiger partial charge in [0.2, 0.25) is 0 Å². The summed E-state index contributed by atoms with van der Waals surface area (Å²) in [5.41, 5.74) is 0. The maximum atomic E-state index is 7.01. The molecular weight excluding hydrogens is 448 g/mol. The molecule has 0 saturated carbocycles. The first-order valence-corrected chi connectivity index (χ1v) is 9.96. The van der Waals surface area contributed by atoms with E-state index in [0.717, 1.165) is 14.3 Å². The summed E-state index contributed by atoms with van der Waals surface area (Å²) in [6.45, 7) is 2.28. The third-order valence-electron chi connectivity index (χ3n) is 3.28. The number of halogens is 2. The van der Waals surface area contributed by atoms with E-state index in [1.807, 2.05) is 0 Å². The van der Waals surface area contributed by atoms with Gasteiger partial charge in [0.1, 0.15) is 0 Å². The van der Waals surface area contributed by atoms with Crippen LogP contribution in [-0.2, 0) is 0 Å². The van der Waals surface area contributed by atoms with Crippen molar-refractivity contribution in [2.45, 2.75) is 85.4 Å². The van der Waals surface area contributed by atoms with Gasteiger partial charge in [-0.15, -0.1) is 0 Å². The molecule has 0 aromatic heterocycles. The summed E-state index contributed by atoms with van der Waals surface area (Å²) < 4.78 is 1.70. The van der Waals surface area contributed by atoms with Crippen molar-refractivity contribution in [2.75, 3.05) is 0 Å². The van der Waals surface area contributed by atoms with Crippen LogP contribution in [0.1, 0.15) is 77.6 Å². The lowest BCUT2D eigenvalue weighted by Crippen LogP contribution is -2.04. The molecule has 0 heterocycles. The quantitative estimate of drug-likeness (QED) is 0.135. The Labute approximate surface area is 141 Å². The summed E-state index contributed by atoms with van der Waals surface area (Å²) in [5.74, 6) is 0. The van der Waals surface area contributed by atoms with E-state index in [0.29, 0.717) is 0 Å². The maximum absolute atomic E-state index is 7.01. The van der Waals surface area contributed by atoms with Crippen molar-refractivity contribution in [3.8, 4) is 0 Å². The second kappa shape index (κ2) is 14.5. The van der Waals surface area contributed by atoms with Crippen LogP contribution < -0.4 is 0 Å². The van der Waals surface area contributed by atoms with Crippen molar-refractivity contribution >= 4 is 51.4 Å². The van der Waals surface area contributed by atoms with E-state index >= 15 is 0 Å². The zero-order valence-electron chi connectivity index (χ0n) is 11.8. The number of rotatable bonds is 13. The van der Waals surface area contributed by atoms with E-state index in [2.05, 4.69) is 52.1 Å². The van der Waals surface area contributed by atoms with Gasteiger partial charge in [-0.25, -0.2) is 0 Å². The van der Waals surface area contributed by atoms with Crippen LogP contribution in [0, 0.1) is 5.41 Å². The molecule has 0 saturated heterocycles. The predicted octanol–water partition coefficient (Wildman–Crippen LogP) is 6.55. The van der Waals surface area contributed by atoms with Crippen molar-refractivity contribution in [3.05, 3.63) is 0 Å². The molecule has 0 aliphatic heterocycles. The fourth-order valence-corrected chi connectivity index (χ4v) is 3.66. The lowest BCUT2D eigenvalue weighted by molar-refractivity contribution is 0.573. The molecule has 0 amide bonds. The molecule has 2 unspecified atom stereocenters. The lowest BCUT2D eigenvalue weighted by atomic mass is 10.0. The van der Waals surface area contributed by atoms with Crippen molar-refractivity contribution in [1.82, 2.24) is 0 Å². The van der Waals surface area contributed by atoms with Crippen molar-refractivity contribution < 1.29 is 0 Å². The van der Waals surface area contributed by atoms with E-state index in [9.17, 15) is 0 Å². The molecule has 0 radical (unpaired) electrons. The first-order valence-electron chi connectivity index (χ1n) is 7.47. The zero-order valence-corrected chi connectivity index (χ0v) is 16.1. The third kappa shape index (κ3) is 13.6. The molecule has 0 aromatic carbocycles. The third-order valence-corrected chi connectivity index (χ3v) is 5.77. The largest absolute Gasteiger partial charge is 0.313 e. The van der Waals surface area contributed by atoms with E-state index in [-0.39, 0.29) is 0 Å². The molecule has 3 heteroatoms. The molecular formula is C15H29I2N. The number of hydrogen-bond donors (Lipinski definition) is 1. The molecule has 2 atom stereocenters. The summed E-state index contributed by atoms with van der Waals surface area (Å²) in [4.78, 5) is 0. The molecule has 0 aromatic rings. The van der Waals surface area contributed by atoms with Crippen LogP contribution in [0.5, 0.6) is 0 Å². The van der Waals surface area contributed by atoms with Gasteiger partial charge in [-0.05, 0) is 44.7 Å². The van der Waals surface area contributed by atoms with Crippen molar-refractivity contribution in [3.63, 3.8) is 0 Å². The normalized spacial score (nSPS) is 14.4. The molecule has 0 spiro atoms. The smallest absolute Gasteiger partial charge is 0.0110 e. The number of nitrogens with one attached hydrogen (secondary N) is 1. The highest BCUT2D eigenvalue weighted by molar-refractivity contribution is 14.1. The second-order valence-electron chi connectivity index (χ2n) is 5.11. The average molecular weight is 477 g/mol. The Kier molecular flexibility index (Phi) is 15.4. The van der Waals surface area contributed by atoms with Gasteiger partial charge < -0.3 is 5.41 Å². The van der Waals surface area contributed by atoms with Crippen LogP contribution in [-0.4, -0.2) is 14.1 Å². The van der Waals surface area contributed by atoms with Gasteiger partial charge in [0.05, 0.1) is 0 Å². The fourth-order valence-electron chi connectivity index (χ4n) is 2.06. The summed E-state index contributed by atoms with van der Waals surface area (Å²) in [7, 11) is 0. The Balaban J connectivity index is 3.34. The van der Waals surface area contributed by atoms with Crippen LogP contribution >= 0.6 is 45.2 Å². The SMILES string of the molecule is CCCCCCCC(I)CCC(I)CCCC=N. The Hall–Kier alpha value is 1.13. The molecule has 108 valence electrons. The van der Waals surface area contributed by atoms with E-state index in [1.54, 1.807) is 6.21 Å². The highest BCUT2D eigenvalue weighted by Crippen LogP contribution is 2.23. The van der Waals surface area contributed by atoms with Crippen molar-refractivity contribution in [2.24, 2.45) is 0 Å². The van der Waals surface area contributed by atoms with E-state index in [4.69, 9.17) is 5.41 Å². The minimum absolute atomic E-state index is 0.819. The first-order chi connectivity index (χ1) is 8.70. The van der Waals surface area contributed by atoms with Gasteiger partial charge in [0.15, 0.2) is 0 Å². The van der Waals surface area contributed by atoms with Crippen molar-refractivity contribution in [1.29, 1.82) is 5.41 Å². The number of unbranched alkanes of at least 4 members (excludes halogenated alkanes) is 5. The molecule has 18 heavy (non-hydrogen) atoms. The van der Waals surface area contributed by atoms with Crippen LogP contribution in [0.4, 0.5) is 0 Å². The lowest BCUT2D eigenvalue weighted by Gasteiger charge is -2.13. The van der Waals surface area contributed by atoms with Gasteiger partial charge in [0, 0.05) is 7.85 Å². The molecule has 0 fully saturated rings. The van der Waals surface area contributed by atoms with Crippen LogP contribution in [0.25, 0.3) is 0 Å². The minimum Gasteiger partial charge on any atom is -0.313 e. The average Bonchev–Trinajstić information content (AvgIpc) is 2.36. The Morgan fingerprint density at radius 1 is 0.833 bits per heavy atom. The molecule has 0 aliphatic carbocycles. The molecule has 0 rings (SSSR count). The first kappa shape index (κ1) is 19.1. The molecule has 0 bridgehead atoms. The van der Waals surface area contributed by atoms with Gasteiger partial charge in [0.25, 0.3) is 0 Å². The van der Waals surface area contributed by atoms with Gasteiger partial charge in [-0.1, -0.05) is 84.2 Å². The summed E-state index contributed by atoms with van der Waals surface area (Å²) in [6.07, 6.45) is 16.2. The minimum atomic E-state index is 0.819. The molecule has 1 N–H and O–H groups in total. The highest BCUT2D eigenvalue weighted by atomic mass is 127. The summed E-state index contributed by atoms with van der Waals surface area (Å²) >= 11 is 5.23. The highest BCUT2D eigenvalue weighted by Gasteiger charge is 2.08. The van der Waals surface area contributed by atoms with Gasteiger partial charge in [-0.3, -0.25) is 0 Å².